The van der Waals surface area contributed by atoms with Gasteiger partial charge in [-0.1, -0.05) is 11.6 Å². The number of rotatable bonds is 2. The highest BCUT2D eigenvalue weighted by Gasteiger charge is 2.31. The van der Waals surface area contributed by atoms with Gasteiger partial charge in [-0.3, -0.25) is 9.59 Å². The van der Waals surface area contributed by atoms with Crippen LogP contribution in [-0.2, 0) is 4.79 Å². The number of nitrogens with one attached hydrogen (secondary N) is 1. The monoisotopic (exact) mass is 284 g/mol. The average Bonchev–Trinajstić information content (AvgIpc) is 2.89. The SMILES string of the molecule is CNC(=O)[C@@H]1CCN(C(=O)c2ccc(F)c(Cl)c2)C1. The minimum Gasteiger partial charge on any atom is -0.359 e. The fourth-order valence-electron chi connectivity index (χ4n) is 2.17. The van der Waals surface area contributed by atoms with Crippen molar-refractivity contribution in [3.63, 3.8) is 0 Å². The molecule has 0 aliphatic carbocycles. The van der Waals surface area contributed by atoms with Gasteiger partial charge in [0.2, 0.25) is 5.91 Å². The van der Waals surface area contributed by atoms with Crippen LogP contribution in [0, 0.1) is 11.7 Å². The Labute approximate surface area is 115 Å². The normalized spacial score (nSPS) is 18.5. The lowest BCUT2D eigenvalue weighted by Gasteiger charge is -2.16. The maximum Gasteiger partial charge on any atom is 0.253 e. The van der Waals surface area contributed by atoms with Gasteiger partial charge in [-0.05, 0) is 24.6 Å². The summed E-state index contributed by atoms with van der Waals surface area (Å²) in [5.74, 6) is -1.02. The fourth-order valence-corrected chi connectivity index (χ4v) is 2.36. The average molecular weight is 285 g/mol. The van der Waals surface area contributed by atoms with Crippen LogP contribution >= 0.6 is 11.6 Å². The Kier molecular flexibility index (Phi) is 4.04. The molecule has 0 unspecified atom stereocenters. The maximum absolute atomic E-state index is 13.0. The van der Waals surface area contributed by atoms with Crippen molar-refractivity contribution in [2.24, 2.45) is 5.92 Å². The largest absolute Gasteiger partial charge is 0.359 e. The van der Waals surface area contributed by atoms with E-state index in [0.29, 0.717) is 25.1 Å². The van der Waals surface area contributed by atoms with Crippen molar-refractivity contribution >= 4 is 23.4 Å². The third-order valence-corrected chi connectivity index (χ3v) is 3.55. The predicted molar refractivity (Wildman–Crippen MR) is 69.5 cm³/mol. The van der Waals surface area contributed by atoms with Crippen molar-refractivity contribution < 1.29 is 14.0 Å². The van der Waals surface area contributed by atoms with Gasteiger partial charge in [0.15, 0.2) is 0 Å². The summed E-state index contributed by atoms with van der Waals surface area (Å²) < 4.78 is 13.0. The third kappa shape index (κ3) is 2.87. The Morgan fingerprint density at radius 1 is 1.47 bits per heavy atom. The van der Waals surface area contributed by atoms with Crippen molar-refractivity contribution in [3.05, 3.63) is 34.6 Å². The standard InChI is InChI=1S/C13H14ClFN2O2/c1-16-12(18)9-4-5-17(7-9)13(19)8-2-3-11(15)10(14)6-8/h2-3,6,9H,4-5,7H2,1H3,(H,16,18)/t9-/m1/s1. The van der Waals surface area contributed by atoms with Crippen molar-refractivity contribution in [1.29, 1.82) is 0 Å². The number of halogens is 2. The lowest BCUT2D eigenvalue weighted by Crippen LogP contribution is -2.33. The second kappa shape index (κ2) is 5.57. The number of amides is 2. The number of carbonyl (C=O) groups is 2. The molecule has 1 fully saturated rings. The number of hydrogen-bond acceptors (Lipinski definition) is 2. The van der Waals surface area contributed by atoms with E-state index in [0.717, 1.165) is 0 Å². The van der Waals surface area contributed by atoms with Crippen LogP contribution < -0.4 is 5.32 Å². The maximum atomic E-state index is 13.0. The van der Waals surface area contributed by atoms with Crippen molar-refractivity contribution in [1.82, 2.24) is 10.2 Å². The zero-order valence-electron chi connectivity index (χ0n) is 10.5. The molecule has 0 spiro atoms. The topological polar surface area (TPSA) is 49.4 Å². The van der Waals surface area contributed by atoms with Crippen LogP contribution in [0.4, 0.5) is 4.39 Å². The second-order valence-corrected chi connectivity index (χ2v) is 4.89. The molecule has 0 aromatic heterocycles. The number of carbonyl (C=O) groups excluding carboxylic acids is 2. The molecule has 1 aromatic rings. The first-order chi connectivity index (χ1) is 9.02. The van der Waals surface area contributed by atoms with Crippen LogP contribution in [0.3, 0.4) is 0 Å². The van der Waals surface area contributed by atoms with Crippen LogP contribution in [0.5, 0.6) is 0 Å². The van der Waals surface area contributed by atoms with Gasteiger partial charge in [0.25, 0.3) is 5.91 Å². The predicted octanol–water partition coefficient (Wildman–Crippen LogP) is 1.69. The zero-order chi connectivity index (χ0) is 14.0. The smallest absolute Gasteiger partial charge is 0.253 e. The van der Waals surface area contributed by atoms with Gasteiger partial charge in [0.1, 0.15) is 5.82 Å². The summed E-state index contributed by atoms with van der Waals surface area (Å²) >= 11 is 5.66. The lowest BCUT2D eigenvalue weighted by atomic mass is 10.1. The first-order valence-corrected chi connectivity index (χ1v) is 6.36. The fraction of sp³-hybridized carbons (Fsp3) is 0.385. The number of hydrogen-bond donors (Lipinski definition) is 1. The molecule has 2 rings (SSSR count). The van der Waals surface area contributed by atoms with Crippen LogP contribution in [0.1, 0.15) is 16.8 Å². The second-order valence-electron chi connectivity index (χ2n) is 4.48. The summed E-state index contributed by atoms with van der Waals surface area (Å²) in [7, 11) is 1.58. The Morgan fingerprint density at radius 2 is 2.21 bits per heavy atom. The molecule has 1 aliphatic heterocycles. The van der Waals surface area contributed by atoms with Gasteiger partial charge >= 0.3 is 0 Å². The van der Waals surface area contributed by atoms with E-state index in [4.69, 9.17) is 11.6 Å². The molecule has 1 saturated heterocycles. The van der Waals surface area contributed by atoms with E-state index in [1.165, 1.54) is 18.2 Å². The van der Waals surface area contributed by atoms with E-state index in [2.05, 4.69) is 5.32 Å². The van der Waals surface area contributed by atoms with Gasteiger partial charge in [-0.25, -0.2) is 4.39 Å². The molecule has 4 nitrogen and oxygen atoms in total. The molecular formula is C13H14ClFN2O2. The minimum atomic E-state index is -0.553. The van der Waals surface area contributed by atoms with E-state index in [-0.39, 0.29) is 22.8 Å². The Hall–Kier alpha value is -1.62. The molecule has 0 bridgehead atoms. The minimum absolute atomic E-state index is 0.0626. The summed E-state index contributed by atoms with van der Waals surface area (Å²) in [4.78, 5) is 25.3. The highest BCUT2D eigenvalue weighted by Crippen LogP contribution is 2.21. The van der Waals surface area contributed by atoms with E-state index in [9.17, 15) is 14.0 Å². The zero-order valence-corrected chi connectivity index (χ0v) is 11.2. The first kappa shape index (κ1) is 13.8. The van der Waals surface area contributed by atoms with E-state index < -0.39 is 5.82 Å². The Morgan fingerprint density at radius 3 is 2.84 bits per heavy atom. The number of nitrogens with zero attached hydrogens (tertiary/aromatic N) is 1. The molecule has 0 radical (unpaired) electrons. The summed E-state index contributed by atoms with van der Waals surface area (Å²) in [6, 6.07) is 3.88. The molecule has 1 N–H and O–H groups in total. The first-order valence-electron chi connectivity index (χ1n) is 5.99. The van der Waals surface area contributed by atoms with Gasteiger partial charge in [0.05, 0.1) is 10.9 Å². The van der Waals surface area contributed by atoms with Gasteiger partial charge < -0.3 is 10.2 Å². The number of likely N-dealkylation sites (tertiary alicyclic amines) is 1. The molecule has 102 valence electrons. The van der Waals surface area contributed by atoms with Crippen LogP contribution in [0.15, 0.2) is 18.2 Å². The molecular weight excluding hydrogens is 271 g/mol. The molecule has 1 atom stereocenters. The van der Waals surface area contributed by atoms with Crippen molar-refractivity contribution in [2.45, 2.75) is 6.42 Å². The summed E-state index contributed by atoms with van der Waals surface area (Å²) in [6.07, 6.45) is 0.639. The highest BCUT2D eigenvalue weighted by molar-refractivity contribution is 6.31. The van der Waals surface area contributed by atoms with Crippen molar-refractivity contribution in [3.8, 4) is 0 Å². The van der Waals surface area contributed by atoms with E-state index in [1.807, 2.05) is 0 Å². The summed E-state index contributed by atoms with van der Waals surface area (Å²) in [5.41, 5.74) is 0.337. The molecule has 6 heteroatoms. The molecule has 19 heavy (non-hydrogen) atoms. The highest BCUT2D eigenvalue weighted by atomic mass is 35.5. The Balaban J connectivity index is 2.09. The van der Waals surface area contributed by atoms with Crippen molar-refractivity contribution in [2.75, 3.05) is 20.1 Å². The van der Waals surface area contributed by atoms with Crippen LogP contribution in [-0.4, -0.2) is 36.9 Å². The molecule has 1 heterocycles. The quantitative estimate of drug-likeness (QED) is 0.898. The summed E-state index contributed by atoms with van der Waals surface area (Å²) in [5, 5.41) is 2.50. The van der Waals surface area contributed by atoms with Gasteiger partial charge in [0, 0.05) is 25.7 Å². The number of benzene rings is 1. The summed E-state index contributed by atoms with van der Waals surface area (Å²) in [6.45, 7) is 0.902. The lowest BCUT2D eigenvalue weighted by molar-refractivity contribution is -0.124. The Bertz CT molecular complexity index is 521. The molecule has 2 amide bonds. The van der Waals surface area contributed by atoms with Gasteiger partial charge in [-0.2, -0.15) is 0 Å². The molecule has 1 aromatic carbocycles. The van der Waals surface area contributed by atoms with Gasteiger partial charge in [-0.15, -0.1) is 0 Å². The van der Waals surface area contributed by atoms with Crippen LogP contribution in [0.25, 0.3) is 0 Å². The van der Waals surface area contributed by atoms with Crippen LogP contribution in [0.2, 0.25) is 5.02 Å². The van der Waals surface area contributed by atoms with E-state index in [1.54, 1.807) is 11.9 Å². The molecule has 0 saturated carbocycles. The third-order valence-electron chi connectivity index (χ3n) is 3.26. The molecule has 1 aliphatic rings. The van der Waals surface area contributed by atoms with E-state index >= 15 is 0 Å².